The molecule has 0 saturated heterocycles. The highest BCUT2D eigenvalue weighted by Gasteiger charge is 2.17. The zero-order valence-electron chi connectivity index (χ0n) is 12.5. The second kappa shape index (κ2) is 6.82. The molecule has 0 aliphatic heterocycles. The molecule has 0 aromatic carbocycles. The maximum atomic E-state index is 12.1. The SMILES string of the molecule is Cc1noc(C)c1CC(C)NC(=O)c1csc(CCN)n1. The first-order chi connectivity index (χ1) is 10.0. The third kappa shape index (κ3) is 3.89. The number of rotatable bonds is 6. The molecule has 0 aliphatic carbocycles. The summed E-state index contributed by atoms with van der Waals surface area (Å²) in [5, 5.41) is 9.53. The summed E-state index contributed by atoms with van der Waals surface area (Å²) >= 11 is 1.46. The van der Waals surface area contributed by atoms with Gasteiger partial charge in [-0.2, -0.15) is 0 Å². The van der Waals surface area contributed by atoms with E-state index in [1.807, 2.05) is 20.8 Å². The second-order valence-corrected chi connectivity index (χ2v) is 5.99. The lowest BCUT2D eigenvalue weighted by Gasteiger charge is -2.12. The highest BCUT2D eigenvalue weighted by molar-refractivity contribution is 7.09. The fourth-order valence-corrected chi connectivity index (χ4v) is 2.90. The third-order valence-electron chi connectivity index (χ3n) is 3.21. The van der Waals surface area contributed by atoms with Gasteiger partial charge in [0.2, 0.25) is 0 Å². The zero-order valence-corrected chi connectivity index (χ0v) is 13.3. The van der Waals surface area contributed by atoms with Crippen LogP contribution in [0.25, 0.3) is 0 Å². The predicted octanol–water partition coefficient (Wildman–Crippen LogP) is 1.61. The second-order valence-electron chi connectivity index (χ2n) is 5.05. The van der Waals surface area contributed by atoms with E-state index < -0.39 is 0 Å². The van der Waals surface area contributed by atoms with Crippen LogP contribution in [-0.4, -0.2) is 28.6 Å². The number of hydrogen-bond acceptors (Lipinski definition) is 6. The van der Waals surface area contributed by atoms with E-state index in [2.05, 4.69) is 15.5 Å². The van der Waals surface area contributed by atoms with Crippen LogP contribution in [0.4, 0.5) is 0 Å². The van der Waals surface area contributed by atoms with E-state index in [0.29, 0.717) is 25.1 Å². The summed E-state index contributed by atoms with van der Waals surface area (Å²) in [6.45, 7) is 6.28. The largest absolute Gasteiger partial charge is 0.361 e. The van der Waals surface area contributed by atoms with Crippen LogP contribution in [0.1, 0.15) is 39.4 Å². The Labute approximate surface area is 127 Å². The number of nitrogens with one attached hydrogen (secondary N) is 1. The van der Waals surface area contributed by atoms with E-state index in [-0.39, 0.29) is 11.9 Å². The standard InChI is InChI=1S/C14H20N4O2S/c1-8(6-11-9(2)18-20-10(11)3)16-14(19)12-7-21-13(17-12)4-5-15/h7-8H,4-6,15H2,1-3H3,(H,16,19). The van der Waals surface area contributed by atoms with Crippen LogP contribution in [0.3, 0.4) is 0 Å². The van der Waals surface area contributed by atoms with Crippen molar-refractivity contribution < 1.29 is 9.32 Å². The molecule has 0 bridgehead atoms. The molecule has 2 aromatic rings. The molecular formula is C14H20N4O2S. The van der Waals surface area contributed by atoms with Gasteiger partial charge in [-0.1, -0.05) is 5.16 Å². The van der Waals surface area contributed by atoms with Gasteiger partial charge in [-0.25, -0.2) is 4.98 Å². The van der Waals surface area contributed by atoms with Crippen molar-refractivity contribution in [1.29, 1.82) is 0 Å². The molecule has 2 heterocycles. The number of nitrogens with two attached hydrogens (primary N) is 1. The molecule has 2 aromatic heterocycles. The molecule has 0 radical (unpaired) electrons. The van der Waals surface area contributed by atoms with E-state index in [1.54, 1.807) is 5.38 Å². The summed E-state index contributed by atoms with van der Waals surface area (Å²) in [5.74, 6) is 0.640. The van der Waals surface area contributed by atoms with E-state index in [1.165, 1.54) is 11.3 Å². The van der Waals surface area contributed by atoms with Gasteiger partial charge >= 0.3 is 0 Å². The van der Waals surface area contributed by atoms with Gasteiger partial charge in [0.1, 0.15) is 11.5 Å². The molecule has 114 valence electrons. The Morgan fingerprint density at radius 2 is 2.29 bits per heavy atom. The van der Waals surface area contributed by atoms with E-state index in [9.17, 15) is 4.79 Å². The third-order valence-corrected chi connectivity index (χ3v) is 4.12. The van der Waals surface area contributed by atoms with Gasteiger partial charge in [0.05, 0.1) is 10.7 Å². The maximum absolute atomic E-state index is 12.1. The molecule has 0 fully saturated rings. The summed E-state index contributed by atoms with van der Waals surface area (Å²) in [6.07, 6.45) is 1.39. The van der Waals surface area contributed by atoms with Gasteiger partial charge in [0, 0.05) is 23.4 Å². The van der Waals surface area contributed by atoms with Crippen molar-refractivity contribution in [3.63, 3.8) is 0 Å². The minimum atomic E-state index is -0.159. The Morgan fingerprint density at radius 1 is 1.52 bits per heavy atom. The summed E-state index contributed by atoms with van der Waals surface area (Å²) in [6, 6.07) is -0.0195. The quantitative estimate of drug-likeness (QED) is 0.845. The van der Waals surface area contributed by atoms with Crippen LogP contribution in [0.2, 0.25) is 0 Å². The van der Waals surface area contributed by atoms with Crippen molar-refractivity contribution in [3.05, 3.63) is 33.1 Å². The van der Waals surface area contributed by atoms with Gasteiger partial charge in [0.25, 0.3) is 5.91 Å². The van der Waals surface area contributed by atoms with Crippen molar-refractivity contribution in [3.8, 4) is 0 Å². The number of amides is 1. The Morgan fingerprint density at radius 3 is 2.90 bits per heavy atom. The van der Waals surface area contributed by atoms with E-state index in [0.717, 1.165) is 22.0 Å². The number of hydrogen-bond donors (Lipinski definition) is 2. The number of carbonyl (C=O) groups excluding carboxylic acids is 1. The maximum Gasteiger partial charge on any atom is 0.270 e. The first-order valence-electron chi connectivity index (χ1n) is 6.88. The molecule has 2 rings (SSSR count). The minimum Gasteiger partial charge on any atom is -0.361 e. The number of thiazole rings is 1. The zero-order chi connectivity index (χ0) is 15.4. The molecule has 6 nitrogen and oxygen atoms in total. The van der Waals surface area contributed by atoms with Crippen molar-refractivity contribution in [1.82, 2.24) is 15.5 Å². The van der Waals surface area contributed by atoms with Gasteiger partial charge in [-0.3, -0.25) is 4.79 Å². The Bertz CT molecular complexity index is 601. The molecule has 21 heavy (non-hydrogen) atoms. The molecular weight excluding hydrogens is 288 g/mol. The number of carbonyl (C=O) groups is 1. The summed E-state index contributed by atoms with van der Waals surface area (Å²) in [5.41, 5.74) is 7.85. The predicted molar refractivity (Wildman–Crippen MR) is 81.5 cm³/mol. The Hall–Kier alpha value is -1.73. The van der Waals surface area contributed by atoms with Gasteiger partial charge < -0.3 is 15.6 Å². The first kappa shape index (κ1) is 15.7. The molecule has 7 heteroatoms. The lowest BCUT2D eigenvalue weighted by Crippen LogP contribution is -2.34. The number of aromatic nitrogens is 2. The van der Waals surface area contributed by atoms with Crippen molar-refractivity contribution in [2.24, 2.45) is 5.73 Å². The lowest BCUT2D eigenvalue weighted by molar-refractivity contribution is 0.0935. The van der Waals surface area contributed by atoms with E-state index in [4.69, 9.17) is 10.3 Å². The Balaban J connectivity index is 1.95. The van der Waals surface area contributed by atoms with E-state index >= 15 is 0 Å². The molecule has 1 amide bonds. The minimum absolute atomic E-state index is 0.0195. The summed E-state index contributed by atoms with van der Waals surface area (Å²) in [7, 11) is 0. The molecule has 1 unspecified atom stereocenters. The van der Waals surface area contributed by atoms with Crippen molar-refractivity contribution in [2.75, 3.05) is 6.54 Å². The molecule has 0 aliphatic rings. The van der Waals surface area contributed by atoms with Crippen molar-refractivity contribution >= 4 is 17.2 Å². The Kier molecular flexibility index (Phi) is 5.08. The fourth-order valence-electron chi connectivity index (χ4n) is 2.10. The molecule has 0 saturated carbocycles. The summed E-state index contributed by atoms with van der Waals surface area (Å²) in [4.78, 5) is 16.4. The van der Waals surface area contributed by atoms with Crippen LogP contribution in [0.15, 0.2) is 9.90 Å². The van der Waals surface area contributed by atoms with Gasteiger partial charge in [-0.15, -0.1) is 11.3 Å². The van der Waals surface area contributed by atoms with Crippen LogP contribution < -0.4 is 11.1 Å². The van der Waals surface area contributed by atoms with Crippen molar-refractivity contribution in [2.45, 2.75) is 39.7 Å². The normalized spacial score (nSPS) is 12.4. The average molecular weight is 308 g/mol. The topological polar surface area (TPSA) is 94.0 Å². The van der Waals surface area contributed by atoms with Crippen LogP contribution in [0.5, 0.6) is 0 Å². The van der Waals surface area contributed by atoms with Gasteiger partial charge in [0.15, 0.2) is 0 Å². The monoisotopic (exact) mass is 308 g/mol. The lowest BCUT2D eigenvalue weighted by atomic mass is 10.1. The van der Waals surface area contributed by atoms with Crippen LogP contribution >= 0.6 is 11.3 Å². The fraction of sp³-hybridized carbons (Fsp3) is 0.500. The number of aryl methyl sites for hydroxylation is 2. The highest BCUT2D eigenvalue weighted by atomic mass is 32.1. The summed E-state index contributed by atoms with van der Waals surface area (Å²) < 4.78 is 5.13. The molecule has 0 spiro atoms. The van der Waals surface area contributed by atoms with Crippen LogP contribution in [-0.2, 0) is 12.8 Å². The molecule has 1 atom stereocenters. The first-order valence-corrected chi connectivity index (χ1v) is 7.76. The number of nitrogens with zero attached hydrogens (tertiary/aromatic N) is 2. The average Bonchev–Trinajstić information content (AvgIpc) is 3.01. The van der Waals surface area contributed by atoms with Crippen LogP contribution in [0, 0.1) is 13.8 Å². The highest BCUT2D eigenvalue weighted by Crippen LogP contribution is 2.15. The van der Waals surface area contributed by atoms with Gasteiger partial charge in [-0.05, 0) is 33.7 Å². The smallest absolute Gasteiger partial charge is 0.270 e. The molecule has 3 N–H and O–H groups in total.